The van der Waals surface area contributed by atoms with Crippen molar-refractivity contribution in [3.05, 3.63) is 0 Å². The molecule has 0 aliphatic carbocycles. The van der Waals surface area contributed by atoms with Crippen molar-refractivity contribution >= 4 is 6.09 Å². The van der Waals surface area contributed by atoms with E-state index in [2.05, 4.69) is 4.90 Å². The maximum absolute atomic E-state index is 11.7. The first-order chi connectivity index (χ1) is 8.31. The third-order valence-corrected chi connectivity index (χ3v) is 3.63. The first-order valence-electron chi connectivity index (χ1n) is 6.58. The summed E-state index contributed by atoms with van der Waals surface area (Å²) in [5.41, 5.74) is 0. The Labute approximate surface area is 102 Å². The molecule has 0 aromatic rings. The summed E-state index contributed by atoms with van der Waals surface area (Å²) in [5, 5.41) is 8.63. The number of carbonyl (C=O) groups excluding carboxylic acids is 1. The van der Waals surface area contributed by atoms with Gasteiger partial charge in [-0.05, 0) is 38.8 Å². The average molecular weight is 242 g/mol. The van der Waals surface area contributed by atoms with Crippen molar-refractivity contribution < 1.29 is 14.6 Å². The Morgan fingerprint density at radius 3 is 2.71 bits per heavy atom. The SMILES string of the molecule is O=C(OCCO)N1CCCC(N2CCCC2)C1. The smallest absolute Gasteiger partial charge is 0.409 e. The maximum atomic E-state index is 11.7. The highest BCUT2D eigenvalue weighted by atomic mass is 16.6. The number of aliphatic hydroxyl groups excluding tert-OH is 1. The molecule has 0 saturated carbocycles. The summed E-state index contributed by atoms with van der Waals surface area (Å²) in [5.74, 6) is 0. The number of carbonyl (C=O) groups is 1. The van der Waals surface area contributed by atoms with Crippen LogP contribution < -0.4 is 0 Å². The Morgan fingerprint density at radius 2 is 2.00 bits per heavy atom. The van der Waals surface area contributed by atoms with Crippen LogP contribution in [0.4, 0.5) is 4.79 Å². The van der Waals surface area contributed by atoms with Crippen LogP contribution in [0.3, 0.4) is 0 Å². The normalized spacial score (nSPS) is 26.2. The highest BCUT2D eigenvalue weighted by Gasteiger charge is 2.29. The van der Waals surface area contributed by atoms with Crippen molar-refractivity contribution in [2.24, 2.45) is 0 Å². The number of piperidine rings is 1. The highest BCUT2D eigenvalue weighted by Crippen LogP contribution is 2.20. The van der Waals surface area contributed by atoms with E-state index in [1.807, 2.05) is 0 Å². The summed E-state index contributed by atoms with van der Waals surface area (Å²) in [7, 11) is 0. The van der Waals surface area contributed by atoms with E-state index in [0.29, 0.717) is 6.04 Å². The molecule has 5 nitrogen and oxygen atoms in total. The highest BCUT2D eigenvalue weighted by molar-refractivity contribution is 5.67. The van der Waals surface area contributed by atoms with E-state index < -0.39 is 0 Å². The summed E-state index contributed by atoms with van der Waals surface area (Å²) in [4.78, 5) is 16.0. The largest absolute Gasteiger partial charge is 0.447 e. The number of likely N-dealkylation sites (tertiary alicyclic amines) is 2. The molecule has 17 heavy (non-hydrogen) atoms. The predicted molar refractivity (Wildman–Crippen MR) is 63.8 cm³/mol. The number of amides is 1. The van der Waals surface area contributed by atoms with E-state index >= 15 is 0 Å². The standard InChI is InChI=1S/C12H22N2O3/c15-8-9-17-12(16)14-7-3-4-11(10-14)13-5-1-2-6-13/h11,15H,1-10H2. The van der Waals surface area contributed by atoms with Gasteiger partial charge in [-0.2, -0.15) is 0 Å². The lowest BCUT2D eigenvalue weighted by molar-refractivity contribution is 0.0600. The van der Waals surface area contributed by atoms with Crippen molar-refractivity contribution in [2.45, 2.75) is 31.7 Å². The number of nitrogens with zero attached hydrogens (tertiary/aromatic N) is 2. The fourth-order valence-electron chi connectivity index (χ4n) is 2.75. The molecule has 1 N–H and O–H groups in total. The van der Waals surface area contributed by atoms with Gasteiger partial charge in [0.15, 0.2) is 0 Å². The second-order valence-corrected chi connectivity index (χ2v) is 4.82. The van der Waals surface area contributed by atoms with Gasteiger partial charge in [0.1, 0.15) is 6.61 Å². The fraction of sp³-hybridized carbons (Fsp3) is 0.917. The van der Waals surface area contributed by atoms with Gasteiger partial charge >= 0.3 is 6.09 Å². The van der Waals surface area contributed by atoms with Crippen LogP contribution in [0.25, 0.3) is 0 Å². The van der Waals surface area contributed by atoms with Gasteiger partial charge in [-0.25, -0.2) is 4.79 Å². The molecule has 0 spiro atoms. The predicted octanol–water partition coefficient (Wildman–Crippen LogP) is 0.675. The minimum atomic E-state index is -0.275. The molecule has 2 aliphatic heterocycles. The van der Waals surface area contributed by atoms with Crippen molar-refractivity contribution in [3.63, 3.8) is 0 Å². The molecule has 0 aromatic carbocycles. The number of aliphatic hydroxyl groups is 1. The van der Waals surface area contributed by atoms with Crippen molar-refractivity contribution in [1.82, 2.24) is 9.80 Å². The fourth-order valence-corrected chi connectivity index (χ4v) is 2.75. The molecule has 5 heteroatoms. The molecule has 2 rings (SSSR count). The first-order valence-corrected chi connectivity index (χ1v) is 6.58. The van der Waals surface area contributed by atoms with Crippen LogP contribution >= 0.6 is 0 Å². The molecule has 1 amide bonds. The molecular formula is C12H22N2O3. The van der Waals surface area contributed by atoms with Gasteiger partial charge in [0.2, 0.25) is 0 Å². The lowest BCUT2D eigenvalue weighted by Crippen LogP contribution is -2.49. The molecule has 0 bridgehead atoms. The molecule has 0 aromatic heterocycles. The summed E-state index contributed by atoms with van der Waals surface area (Å²) in [6, 6.07) is 0.507. The monoisotopic (exact) mass is 242 g/mol. The van der Waals surface area contributed by atoms with E-state index in [-0.39, 0.29) is 19.3 Å². The van der Waals surface area contributed by atoms with E-state index in [0.717, 1.165) is 19.5 Å². The van der Waals surface area contributed by atoms with Crippen LogP contribution in [0.1, 0.15) is 25.7 Å². The zero-order chi connectivity index (χ0) is 12.1. The van der Waals surface area contributed by atoms with Crippen molar-refractivity contribution in [3.8, 4) is 0 Å². The molecule has 2 saturated heterocycles. The molecule has 1 unspecified atom stereocenters. The van der Waals surface area contributed by atoms with Crippen LogP contribution in [0, 0.1) is 0 Å². The molecule has 1 atom stereocenters. The Bertz CT molecular complexity index is 254. The lowest BCUT2D eigenvalue weighted by atomic mass is 10.1. The topological polar surface area (TPSA) is 53.0 Å². The Balaban J connectivity index is 1.81. The van der Waals surface area contributed by atoms with Gasteiger partial charge < -0.3 is 14.7 Å². The van der Waals surface area contributed by atoms with Gasteiger partial charge in [-0.15, -0.1) is 0 Å². The van der Waals surface area contributed by atoms with Crippen LogP contribution in [0.5, 0.6) is 0 Å². The molecule has 0 radical (unpaired) electrons. The van der Waals surface area contributed by atoms with Crippen LogP contribution in [-0.4, -0.2) is 66.4 Å². The van der Waals surface area contributed by atoms with Crippen LogP contribution in [0.15, 0.2) is 0 Å². The number of ether oxygens (including phenoxy) is 1. The minimum Gasteiger partial charge on any atom is -0.447 e. The molecule has 98 valence electrons. The van der Waals surface area contributed by atoms with Gasteiger partial charge in [0.25, 0.3) is 0 Å². The maximum Gasteiger partial charge on any atom is 0.409 e. The van der Waals surface area contributed by atoms with Gasteiger partial charge in [-0.3, -0.25) is 4.90 Å². The second-order valence-electron chi connectivity index (χ2n) is 4.82. The quantitative estimate of drug-likeness (QED) is 0.790. The third-order valence-electron chi connectivity index (χ3n) is 3.63. The first kappa shape index (κ1) is 12.6. The minimum absolute atomic E-state index is 0.101. The van der Waals surface area contributed by atoms with E-state index in [9.17, 15) is 4.79 Å². The van der Waals surface area contributed by atoms with Crippen molar-refractivity contribution in [2.75, 3.05) is 39.4 Å². The summed E-state index contributed by atoms with van der Waals surface area (Å²) >= 11 is 0. The van der Waals surface area contributed by atoms with Crippen LogP contribution in [0.2, 0.25) is 0 Å². The number of hydrogen-bond donors (Lipinski definition) is 1. The Kier molecular flexibility index (Phi) is 4.62. The second kappa shape index (κ2) is 6.21. The van der Waals surface area contributed by atoms with Gasteiger partial charge in [0, 0.05) is 19.1 Å². The number of rotatable bonds is 3. The van der Waals surface area contributed by atoms with E-state index in [4.69, 9.17) is 9.84 Å². The summed E-state index contributed by atoms with van der Waals surface area (Å²) in [6.07, 6.45) is 4.53. The Hall–Kier alpha value is -0.810. The Morgan fingerprint density at radius 1 is 1.24 bits per heavy atom. The van der Waals surface area contributed by atoms with E-state index in [1.165, 1.54) is 32.4 Å². The summed E-state index contributed by atoms with van der Waals surface area (Å²) < 4.78 is 4.96. The molecular weight excluding hydrogens is 220 g/mol. The van der Waals surface area contributed by atoms with Gasteiger partial charge in [0.05, 0.1) is 6.61 Å². The molecule has 2 aliphatic rings. The third kappa shape index (κ3) is 3.33. The molecule has 2 fully saturated rings. The average Bonchev–Trinajstić information content (AvgIpc) is 2.90. The van der Waals surface area contributed by atoms with E-state index in [1.54, 1.807) is 4.90 Å². The zero-order valence-corrected chi connectivity index (χ0v) is 10.3. The van der Waals surface area contributed by atoms with Gasteiger partial charge in [-0.1, -0.05) is 0 Å². The summed E-state index contributed by atoms with van der Waals surface area (Å²) in [6.45, 7) is 3.91. The van der Waals surface area contributed by atoms with Crippen molar-refractivity contribution in [1.29, 1.82) is 0 Å². The zero-order valence-electron chi connectivity index (χ0n) is 10.3. The number of hydrogen-bond acceptors (Lipinski definition) is 4. The molecule has 2 heterocycles. The lowest BCUT2D eigenvalue weighted by Gasteiger charge is -2.36. The van der Waals surface area contributed by atoms with Crippen LogP contribution in [-0.2, 0) is 4.74 Å².